The van der Waals surface area contributed by atoms with Crippen LogP contribution in [0, 0.1) is 40.4 Å². The van der Waals surface area contributed by atoms with E-state index in [9.17, 15) is 14.7 Å². The van der Waals surface area contributed by atoms with Gasteiger partial charge in [-0.2, -0.15) is 0 Å². The minimum absolute atomic E-state index is 0.0379. The molecule has 4 aliphatic rings. The molecule has 0 spiro atoms. The number of rotatable bonds is 1. The average molecular weight is 330 g/mol. The van der Waals surface area contributed by atoms with Gasteiger partial charge in [0.15, 0.2) is 5.78 Å². The molecule has 0 bridgehead atoms. The second-order valence-electron chi connectivity index (χ2n) is 9.46. The Hall–Kier alpha value is -0.960. The number of carbonyl (C=O) groups is 2. The highest BCUT2D eigenvalue weighted by atomic mass is 16.3. The molecule has 0 aromatic rings. The molecule has 24 heavy (non-hydrogen) atoms. The van der Waals surface area contributed by atoms with Gasteiger partial charge >= 0.3 is 0 Å². The van der Waals surface area contributed by atoms with Crippen LogP contribution in [0.2, 0.25) is 0 Å². The van der Waals surface area contributed by atoms with Crippen molar-refractivity contribution in [3.8, 4) is 0 Å². The number of aliphatic hydroxyl groups is 1. The largest absolute Gasteiger partial charge is 0.393 e. The Morgan fingerprint density at radius 2 is 1.96 bits per heavy atom. The summed E-state index contributed by atoms with van der Waals surface area (Å²) in [6.07, 6.45) is 9.19. The van der Waals surface area contributed by atoms with Crippen LogP contribution in [0.5, 0.6) is 0 Å². The van der Waals surface area contributed by atoms with Crippen molar-refractivity contribution in [1.29, 1.82) is 0 Å². The van der Waals surface area contributed by atoms with Gasteiger partial charge in [-0.3, -0.25) is 9.59 Å². The molecule has 0 aromatic carbocycles. The molecule has 4 rings (SSSR count). The standard InChI is InChI=1S/C21H30O3/c1-12(22)16-6-7-17-15-5-4-13-10-14(23)8-9-20(13,2)19(15)18(24)11-21(16,17)3/h8-9,13,15-19,24H,4-7,10-11H2,1-3H3/t13-,15+,16+,17-,18+,19-,20-,21+/m0/s1. The summed E-state index contributed by atoms with van der Waals surface area (Å²) in [5, 5.41) is 11.2. The SMILES string of the molecule is CC(=O)[C@H]1CC[C@H]2[C@H]3CC[C@H]4CC(=O)C=C[C@]4(C)[C@@H]3[C@H](O)C[C@]12C. The summed E-state index contributed by atoms with van der Waals surface area (Å²) >= 11 is 0. The lowest BCUT2D eigenvalue weighted by atomic mass is 9.45. The highest BCUT2D eigenvalue weighted by molar-refractivity contribution is 5.91. The van der Waals surface area contributed by atoms with Gasteiger partial charge in [0, 0.05) is 12.3 Å². The smallest absolute Gasteiger partial charge is 0.155 e. The van der Waals surface area contributed by atoms with E-state index in [1.165, 1.54) is 0 Å². The van der Waals surface area contributed by atoms with Crippen molar-refractivity contribution >= 4 is 11.6 Å². The Morgan fingerprint density at radius 1 is 1.21 bits per heavy atom. The van der Waals surface area contributed by atoms with Crippen molar-refractivity contribution in [3.05, 3.63) is 12.2 Å². The number of hydrogen-bond acceptors (Lipinski definition) is 3. The van der Waals surface area contributed by atoms with Crippen LogP contribution >= 0.6 is 0 Å². The van der Waals surface area contributed by atoms with E-state index in [4.69, 9.17) is 0 Å². The fraction of sp³-hybridized carbons (Fsp3) is 0.810. The predicted octanol–water partition coefficient (Wildman–Crippen LogP) is 3.55. The van der Waals surface area contributed by atoms with Crippen LogP contribution in [0.25, 0.3) is 0 Å². The molecular formula is C21H30O3. The fourth-order valence-corrected chi connectivity index (χ4v) is 7.43. The first-order valence-corrected chi connectivity index (χ1v) is 9.68. The average Bonchev–Trinajstić information content (AvgIpc) is 2.84. The second-order valence-corrected chi connectivity index (χ2v) is 9.46. The molecule has 0 unspecified atom stereocenters. The number of hydrogen-bond donors (Lipinski definition) is 1. The lowest BCUT2D eigenvalue weighted by molar-refractivity contribution is -0.155. The highest BCUT2D eigenvalue weighted by Gasteiger charge is 2.63. The lowest BCUT2D eigenvalue weighted by Gasteiger charge is -2.60. The third kappa shape index (κ3) is 2.06. The number of Topliss-reactive ketones (excluding diaryl/α,β-unsaturated/α-hetero) is 1. The van der Waals surface area contributed by atoms with Gasteiger partial charge in [-0.1, -0.05) is 19.9 Å². The monoisotopic (exact) mass is 330 g/mol. The molecule has 0 radical (unpaired) electrons. The van der Waals surface area contributed by atoms with E-state index in [2.05, 4.69) is 19.9 Å². The highest BCUT2D eigenvalue weighted by Crippen LogP contribution is 2.66. The van der Waals surface area contributed by atoms with E-state index in [0.29, 0.717) is 30.0 Å². The van der Waals surface area contributed by atoms with Crippen LogP contribution in [0.4, 0.5) is 0 Å². The molecule has 0 saturated heterocycles. The molecule has 0 aliphatic heterocycles. The van der Waals surface area contributed by atoms with E-state index in [1.807, 2.05) is 0 Å². The molecule has 3 fully saturated rings. The normalized spacial score (nSPS) is 53.2. The van der Waals surface area contributed by atoms with Crippen LogP contribution in [-0.4, -0.2) is 22.8 Å². The van der Waals surface area contributed by atoms with Gasteiger partial charge < -0.3 is 5.11 Å². The molecular weight excluding hydrogens is 300 g/mol. The summed E-state index contributed by atoms with van der Waals surface area (Å²) in [5.74, 6) is 2.31. The van der Waals surface area contributed by atoms with Crippen molar-refractivity contribution in [1.82, 2.24) is 0 Å². The molecule has 3 heteroatoms. The van der Waals surface area contributed by atoms with Crippen molar-refractivity contribution in [2.75, 3.05) is 0 Å². The van der Waals surface area contributed by atoms with E-state index < -0.39 is 0 Å². The van der Waals surface area contributed by atoms with Crippen LogP contribution in [0.1, 0.15) is 59.3 Å². The van der Waals surface area contributed by atoms with Crippen LogP contribution in [0.3, 0.4) is 0 Å². The minimum Gasteiger partial charge on any atom is -0.393 e. The summed E-state index contributed by atoms with van der Waals surface area (Å²) in [7, 11) is 0. The molecule has 0 heterocycles. The van der Waals surface area contributed by atoms with Crippen molar-refractivity contribution in [3.63, 3.8) is 0 Å². The van der Waals surface area contributed by atoms with E-state index in [-0.39, 0.29) is 34.6 Å². The molecule has 1 N–H and O–H groups in total. The first-order valence-electron chi connectivity index (χ1n) is 9.68. The molecule has 8 atom stereocenters. The molecule has 3 saturated carbocycles. The zero-order valence-electron chi connectivity index (χ0n) is 15.1. The van der Waals surface area contributed by atoms with E-state index in [1.54, 1.807) is 13.0 Å². The third-order valence-electron chi connectivity index (χ3n) is 8.46. The Labute approximate surface area is 144 Å². The second kappa shape index (κ2) is 5.27. The quantitative estimate of drug-likeness (QED) is 0.800. The number of carbonyl (C=O) groups excluding carboxylic acids is 2. The van der Waals surface area contributed by atoms with Gasteiger partial charge in [-0.25, -0.2) is 0 Å². The van der Waals surface area contributed by atoms with E-state index >= 15 is 0 Å². The van der Waals surface area contributed by atoms with Crippen molar-refractivity contribution in [2.45, 2.75) is 65.4 Å². The maximum Gasteiger partial charge on any atom is 0.155 e. The van der Waals surface area contributed by atoms with Crippen LogP contribution in [0.15, 0.2) is 12.2 Å². The molecule has 3 nitrogen and oxygen atoms in total. The Morgan fingerprint density at radius 3 is 2.67 bits per heavy atom. The maximum absolute atomic E-state index is 12.2. The van der Waals surface area contributed by atoms with Gasteiger partial charge in [-0.05, 0) is 79.6 Å². The Bertz CT molecular complexity index is 608. The Kier molecular flexibility index (Phi) is 3.62. The van der Waals surface area contributed by atoms with Gasteiger partial charge in [-0.15, -0.1) is 0 Å². The fourth-order valence-electron chi connectivity index (χ4n) is 7.43. The Balaban J connectivity index is 1.72. The predicted molar refractivity (Wildman–Crippen MR) is 92.2 cm³/mol. The summed E-state index contributed by atoms with van der Waals surface area (Å²) in [5.41, 5.74) is -0.101. The summed E-state index contributed by atoms with van der Waals surface area (Å²) in [6.45, 7) is 6.25. The molecule has 0 amide bonds. The third-order valence-corrected chi connectivity index (χ3v) is 8.46. The van der Waals surface area contributed by atoms with Gasteiger partial charge in [0.1, 0.15) is 5.78 Å². The zero-order valence-corrected chi connectivity index (χ0v) is 15.1. The molecule has 0 aromatic heterocycles. The van der Waals surface area contributed by atoms with Crippen LogP contribution < -0.4 is 0 Å². The van der Waals surface area contributed by atoms with Crippen molar-refractivity contribution in [2.24, 2.45) is 40.4 Å². The number of allylic oxidation sites excluding steroid dienone is 2. The molecule has 132 valence electrons. The van der Waals surface area contributed by atoms with Crippen LogP contribution in [-0.2, 0) is 9.59 Å². The number of aliphatic hydroxyl groups excluding tert-OH is 1. The first kappa shape index (κ1) is 16.5. The number of fused-ring (bicyclic) bond motifs is 5. The van der Waals surface area contributed by atoms with Crippen molar-refractivity contribution < 1.29 is 14.7 Å². The lowest BCUT2D eigenvalue weighted by Crippen LogP contribution is -2.58. The summed E-state index contributed by atoms with van der Waals surface area (Å²) in [6, 6.07) is 0. The van der Waals surface area contributed by atoms with E-state index in [0.717, 1.165) is 32.1 Å². The van der Waals surface area contributed by atoms with Gasteiger partial charge in [0.25, 0.3) is 0 Å². The van der Waals surface area contributed by atoms with Gasteiger partial charge in [0.05, 0.1) is 6.10 Å². The maximum atomic E-state index is 12.2. The van der Waals surface area contributed by atoms with Gasteiger partial charge in [0.2, 0.25) is 0 Å². The molecule has 4 aliphatic carbocycles. The first-order chi connectivity index (χ1) is 11.3. The summed E-state index contributed by atoms with van der Waals surface area (Å²) in [4.78, 5) is 24.0. The number of ketones is 2. The minimum atomic E-state index is -0.359. The topological polar surface area (TPSA) is 54.4 Å². The zero-order chi connectivity index (χ0) is 17.3. The summed E-state index contributed by atoms with van der Waals surface area (Å²) < 4.78 is 0.